The van der Waals surface area contributed by atoms with E-state index < -0.39 is 0 Å². The fraction of sp³-hybridized carbons (Fsp3) is 0.786. The first-order chi connectivity index (χ1) is 14.5. The molecule has 1 aromatic rings. The van der Waals surface area contributed by atoms with Crippen molar-refractivity contribution < 1.29 is 0 Å². The predicted molar refractivity (Wildman–Crippen MR) is 136 cm³/mol. The van der Waals surface area contributed by atoms with Crippen LogP contribution < -0.4 is 5.32 Å². The van der Waals surface area contributed by atoms with E-state index in [1.165, 1.54) is 99.8 Å². The number of hydrogen-bond donors (Lipinski definition) is 1. The van der Waals surface area contributed by atoms with Gasteiger partial charge in [-0.1, -0.05) is 91.9 Å². The van der Waals surface area contributed by atoms with Gasteiger partial charge in [0.05, 0.1) is 0 Å². The molecule has 1 fully saturated rings. The Kier molecular flexibility index (Phi) is 9.48. The number of rotatable bonds is 12. The molecule has 170 valence electrons. The van der Waals surface area contributed by atoms with Gasteiger partial charge in [-0.15, -0.1) is 11.8 Å². The lowest BCUT2D eigenvalue weighted by atomic mass is 9.61. The van der Waals surface area contributed by atoms with Gasteiger partial charge in [-0.25, -0.2) is 0 Å². The molecule has 1 aliphatic carbocycles. The summed E-state index contributed by atoms with van der Waals surface area (Å²) in [6, 6.07) is 7.90. The number of fused-ring (bicyclic) bond motifs is 2. The number of thioether (sulfide) groups is 1. The molecule has 2 heteroatoms. The van der Waals surface area contributed by atoms with Crippen molar-refractivity contribution in [1.82, 2.24) is 0 Å². The van der Waals surface area contributed by atoms with E-state index in [0.29, 0.717) is 11.5 Å². The van der Waals surface area contributed by atoms with Gasteiger partial charge in [-0.3, -0.25) is 0 Å². The van der Waals surface area contributed by atoms with Gasteiger partial charge < -0.3 is 5.32 Å². The molecule has 0 spiro atoms. The molecule has 0 saturated heterocycles. The van der Waals surface area contributed by atoms with Crippen LogP contribution in [0.4, 0.5) is 5.69 Å². The van der Waals surface area contributed by atoms with E-state index in [9.17, 15) is 0 Å². The highest BCUT2D eigenvalue weighted by Gasteiger charge is 2.44. The van der Waals surface area contributed by atoms with E-state index in [1.807, 2.05) is 0 Å². The largest absolute Gasteiger partial charge is 0.382 e. The van der Waals surface area contributed by atoms with Crippen molar-refractivity contribution in [2.45, 2.75) is 128 Å². The molecule has 0 amide bonds. The molecule has 1 heterocycles. The van der Waals surface area contributed by atoms with E-state index in [2.05, 4.69) is 63.0 Å². The number of anilines is 1. The third-order valence-electron chi connectivity index (χ3n) is 7.83. The van der Waals surface area contributed by atoms with Crippen molar-refractivity contribution in [3.63, 3.8) is 0 Å². The molecule has 1 aliphatic heterocycles. The van der Waals surface area contributed by atoms with Crippen LogP contribution in [0, 0.1) is 11.8 Å². The molecule has 30 heavy (non-hydrogen) atoms. The van der Waals surface area contributed by atoms with Gasteiger partial charge in [0.2, 0.25) is 0 Å². The molecule has 1 aromatic carbocycles. The minimum Gasteiger partial charge on any atom is -0.382 e. The van der Waals surface area contributed by atoms with E-state index >= 15 is 0 Å². The van der Waals surface area contributed by atoms with Gasteiger partial charge in [0.25, 0.3) is 0 Å². The summed E-state index contributed by atoms with van der Waals surface area (Å²) < 4.78 is 0. The van der Waals surface area contributed by atoms with Crippen molar-refractivity contribution >= 4 is 17.4 Å². The zero-order valence-corrected chi connectivity index (χ0v) is 21.1. The van der Waals surface area contributed by atoms with Crippen LogP contribution in [-0.2, 0) is 5.41 Å². The van der Waals surface area contributed by atoms with Crippen LogP contribution in [0.3, 0.4) is 0 Å². The molecule has 1 saturated carbocycles. The molecule has 3 rings (SSSR count). The molecule has 3 atom stereocenters. The summed E-state index contributed by atoms with van der Waals surface area (Å²) in [5, 5.41) is 3.91. The smallest absolute Gasteiger partial charge is 0.0381 e. The maximum atomic E-state index is 3.91. The number of unbranched alkanes of at least 4 members (excludes halogenated alkanes) is 9. The first-order valence-corrected chi connectivity index (χ1v) is 14.0. The summed E-state index contributed by atoms with van der Waals surface area (Å²) in [5.41, 5.74) is 3.25. The summed E-state index contributed by atoms with van der Waals surface area (Å²) in [6.45, 7) is 9.72. The highest BCUT2D eigenvalue weighted by atomic mass is 32.2. The molecule has 1 N–H and O–H groups in total. The molecular formula is C28H47NS. The maximum Gasteiger partial charge on any atom is 0.0381 e. The number of hydrogen-bond acceptors (Lipinski definition) is 2. The second-order valence-electron chi connectivity index (χ2n) is 10.7. The quantitative estimate of drug-likeness (QED) is 0.262. The summed E-state index contributed by atoms with van der Waals surface area (Å²) >= 11 is 2.07. The van der Waals surface area contributed by atoms with Gasteiger partial charge in [-0.05, 0) is 66.0 Å². The Morgan fingerprint density at radius 2 is 1.60 bits per heavy atom. The molecular weight excluding hydrogens is 382 g/mol. The van der Waals surface area contributed by atoms with Crippen LogP contribution in [0.2, 0.25) is 0 Å². The fourth-order valence-electron chi connectivity index (χ4n) is 5.86. The minimum atomic E-state index is 0.291. The normalized spacial score (nSPS) is 24.7. The average molecular weight is 430 g/mol. The lowest BCUT2D eigenvalue weighted by molar-refractivity contribution is 0.173. The summed E-state index contributed by atoms with van der Waals surface area (Å²) in [5.74, 6) is 2.92. The first kappa shape index (κ1) is 24.0. The van der Waals surface area contributed by atoms with Crippen molar-refractivity contribution in [1.29, 1.82) is 0 Å². The van der Waals surface area contributed by atoms with Crippen LogP contribution in [0.15, 0.2) is 23.1 Å². The average Bonchev–Trinajstić information content (AvgIpc) is 2.72. The SMILES string of the molecule is CCCCCCCCCCCCSc1ccc2c(c1)C(C)(C)[C@@H]1CC[C@@H](C)C[C@@H]1N2. The third kappa shape index (κ3) is 6.44. The Morgan fingerprint density at radius 1 is 0.933 bits per heavy atom. The fourth-order valence-corrected chi connectivity index (χ4v) is 6.80. The third-order valence-corrected chi connectivity index (χ3v) is 8.91. The van der Waals surface area contributed by atoms with Crippen LogP contribution in [0.25, 0.3) is 0 Å². The van der Waals surface area contributed by atoms with Gasteiger partial charge in [0, 0.05) is 16.6 Å². The van der Waals surface area contributed by atoms with Gasteiger partial charge in [0.15, 0.2) is 0 Å². The Morgan fingerprint density at radius 3 is 2.30 bits per heavy atom. The standard InChI is InChI=1S/C28H47NS/c1-5-6-7-8-9-10-11-12-13-14-19-30-23-16-18-26-25(21-23)28(3,4)24-17-15-22(2)20-27(24)29-26/h16,18,21-22,24,27,29H,5-15,17,19-20H2,1-4H3/t22-,24-,27+/m1/s1. The topological polar surface area (TPSA) is 12.0 Å². The Hall–Kier alpha value is -0.630. The van der Waals surface area contributed by atoms with Gasteiger partial charge in [0.1, 0.15) is 0 Å². The van der Waals surface area contributed by atoms with Crippen molar-refractivity contribution in [3.05, 3.63) is 23.8 Å². The predicted octanol–water partition coefficient (Wildman–Crippen LogP) is 9.21. The van der Waals surface area contributed by atoms with E-state index in [4.69, 9.17) is 0 Å². The summed E-state index contributed by atoms with van der Waals surface area (Å²) in [4.78, 5) is 1.47. The zero-order chi connectivity index (χ0) is 21.4. The van der Waals surface area contributed by atoms with E-state index in [0.717, 1.165) is 11.8 Å². The maximum absolute atomic E-state index is 3.91. The molecule has 0 aromatic heterocycles. The Labute approximate surface area is 191 Å². The highest BCUT2D eigenvalue weighted by Crippen LogP contribution is 2.49. The van der Waals surface area contributed by atoms with Crippen molar-refractivity contribution in [2.75, 3.05) is 11.1 Å². The molecule has 1 nitrogen and oxygen atoms in total. The van der Waals surface area contributed by atoms with Crippen molar-refractivity contribution in [2.24, 2.45) is 11.8 Å². The van der Waals surface area contributed by atoms with Gasteiger partial charge in [-0.2, -0.15) is 0 Å². The minimum absolute atomic E-state index is 0.291. The van der Waals surface area contributed by atoms with E-state index in [1.54, 1.807) is 5.56 Å². The second kappa shape index (κ2) is 11.8. The van der Waals surface area contributed by atoms with Crippen LogP contribution in [0.5, 0.6) is 0 Å². The Balaban J connectivity index is 1.39. The monoisotopic (exact) mass is 429 g/mol. The lowest BCUT2D eigenvalue weighted by Crippen LogP contribution is -2.48. The highest BCUT2D eigenvalue weighted by molar-refractivity contribution is 7.99. The lowest BCUT2D eigenvalue weighted by Gasteiger charge is -2.50. The molecule has 0 bridgehead atoms. The molecule has 2 aliphatic rings. The second-order valence-corrected chi connectivity index (χ2v) is 11.9. The van der Waals surface area contributed by atoms with Crippen LogP contribution in [0.1, 0.15) is 117 Å². The first-order valence-electron chi connectivity index (χ1n) is 13.1. The number of benzene rings is 1. The summed E-state index contributed by atoms with van der Waals surface area (Å²) in [6.07, 6.45) is 18.3. The Bertz CT molecular complexity index is 638. The van der Waals surface area contributed by atoms with Gasteiger partial charge >= 0.3 is 0 Å². The summed E-state index contributed by atoms with van der Waals surface area (Å²) in [7, 11) is 0. The van der Waals surface area contributed by atoms with Crippen LogP contribution >= 0.6 is 11.8 Å². The zero-order valence-electron chi connectivity index (χ0n) is 20.3. The molecule has 0 radical (unpaired) electrons. The molecule has 0 unspecified atom stereocenters. The number of nitrogens with one attached hydrogen (secondary N) is 1. The van der Waals surface area contributed by atoms with Crippen LogP contribution in [-0.4, -0.2) is 11.8 Å². The van der Waals surface area contributed by atoms with Crippen molar-refractivity contribution in [3.8, 4) is 0 Å². The van der Waals surface area contributed by atoms with E-state index in [-0.39, 0.29) is 0 Å².